The van der Waals surface area contributed by atoms with Crippen LogP contribution >= 0.6 is 0 Å². The topological polar surface area (TPSA) is 28.2 Å². The molecule has 1 aromatic carbocycles. The highest BCUT2D eigenvalue weighted by Gasteiger charge is 2.19. The minimum Gasteiger partial charge on any atom is -0.382 e. The van der Waals surface area contributed by atoms with Gasteiger partial charge in [0.1, 0.15) is 0 Å². The molecular formula is C18H23N3. The molecule has 21 heavy (non-hydrogen) atoms. The molecule has 2 aromatic rings. The van der Waals surface area contributed by atoms with Crippen molar-refractivity contribution in [2.24, 2.45) is 0 Å². The van der Waals surface area contributed by atoms with Gasteiger partial charge in [0.25, 0.3) is 0 Å². The summed E-state index contributed by atoms with van der Waals surface area (Å²) in [6.45, 7) is 6.40. The molecule has 3 rings (SSSR count). The van der Waals surface area contributed by atoms with Gasteiger partial charge in [-0.25, -0.2) is 0 Å². The number of rotatable bonds is 3. The van der Waals surface area contributed by atoms with Gasteiger partial charge in [-0.05, 0) is 56.5 Å². The summed E-state index contributed by atoms with van der Waals surface area (Å²) in [6, 6.07) is 13.5. The van der Waals surface area contributed by atoms with Gasteiger partial charge < -0.3 is 10.2 Å². The van der Waals surface area contributed by atoms with Gasteiger partial charge in [0.2, 0.25) is 0 Å². The van der Waals surface area contributed by atoms with Crippen molar-refractivity contribution >= 4 is 11.4 Å². The molecule has 1 saturated heterocycles. The van der Waals surface area contributed by atoms with Crippen LogP contribution in [-0.4, -0.2) is 24.1 Å². The third kappa shape index (κ3) is 3.54. The summed E-state index contributed by atoms with van der Waals surface area (Å²) >= 11 is 0. The van der Waals surface area contributed by atoms with E-state index in [1.807, 2.05) is 6.20 Å². The summed E-state index contributed by atoms with van der Waals surface area (Å²) in [7, 11) is 0. The summed E-state index contributed by atoms with van der Waals surface area (Å²) < 4.78 is 0. The van der Waals surface area contributed by atoms with E-state index in [-0.39, 0.29) is 0 Å². The van der Waals surface area contributed by atoms with E-state index in [2.05, 4.69) is 65.4 Å². The van der Waals surface area contributed by atoms with Gasteiger partial charge in [0.05, 0.1) is 0 Å². The highest BCUT2D eigenvalue weighted by atomic mass is 15.1. The molecule has 0 radical (unpaired) electrons. The lowest BCUT2D eigenvalue weighted by atomic mass is 10.0. The second kappa shape index (κ2) is 6.17. The monoisotopic (exact) mass is 281 g/mol. The summed E-state index contributed by atoms with van der Waals surface area (Å²) in [4.78, 5) is 6.74. The molecule has 0 atom stereocenters. The Labute approximate surface area is 127 Å². The SMILES string of the molecule is Cc1cccc(NC2CCN(c3ccnc(C)c3)CC2)c1. The molecule has 2 heterocycles. The average Bonchev–Trinajstić information content (AvgIpc) is 2.48. The highest BCUT2D eigenvalue weighted by Crippen LogP contribution is 2.22. The Bertz CT molecular complexity index is 601. The Hall–Kier alpha value is -2.03. The van der Waals surface area contributed by atoms with Crippen molar-refractivity contribution in [1.29, 1.82) is 0 Å². The molecule has 0 amide bonds. The molecule has 1 fully saturated rings. The lowest BCUT2D eigenvalue weighted by Gasteiger charge is -2.34. The molecule has 0 bridgehead atoms. The van der Waals surface area contributed by atoms with Crippen molar-refractivity contribution in [3.63, 3.8) is 0 Å². The first-order valence-electron chi connectivity index (χ1n) is 7.71. The first kappa shape index (κ1) is 13.9. The molecule has 1 aromatic heterocycles. The Kier molecular flexibility index (Phi) is 4.09. The molecule has 1 N–H and O–H groups in total. The van der Waals surface area contributed by atoms with Gasteiger partial charge in [-0.3, -0.25) is 4.98 Å². The predicted octanol–water partition coefficient (Wildman–Crippen LogP) is 3.78. The Morgan fingerprint density at radius 1 is 1.10 bits per heavy atom. The standard InChI is InChI=1S/C18H23N3/c1-14-4-3-5-17(12-14)20-16-7-10-21(11-8-16)18-6-9-19-15(2)13-18/h3-6,9,12-13,16,20H,7-8,10-11H2,1-2H3. The number of hydrogen-bond donors (Lipinski definition) is 1. The van der Waals surface area contributed by atoms with Crippen molar-refractivity contribution in [3.05, 3.63) is 53.9 Å². The zero-order chi connectivity index (χ0) is 14.7. The van der Waals surface area contributed by atoms with E-state index in [1.54, 1.807) is 0 Å². The van der Waals surface area contributed by atoms with Crippen LogP contribution in [-0.2, 0) is 0 Å². The Balaban J connectivity index is 1.58. The summed E-state index contributed by atoms with van der Waals surface area (Å²) in [5.41, 5.74) is 4.95. The quantitative estimate of drug-likeness (QED) is 0.928. The minimum atomic E-state index is 0.575. The van der Waals surface area contributed by atoms with Gasteiger partial charge in [-0.15, -0.1) is 0 Å². The summed E-state index contributed by atoms with van der Waals surface area (Å²) in [5.74, 6) is 0. The molecular weight excluding hydrogens is 258 g/mol. The summed E-state index contributed by atoms with van der Waals surface area (Å²) in [5, 5.41) is 3.67. The van der Waals surface area contributed by atoms with Gasteiger partial charge in [0.15, 0.2) is 0 Å². The van der Waals surface area contributed by atoms with Crippen molar-refractivity contribution in [2.45, 2.75) is 32.7 Å². The molecule has 110 valence electrons. The lowest BCUT2D eigenvalue weighted by Crippen LogP contribution is -2.39. The van der Waals surface area contributed by atoms with Crippen LogP contribution in [0.2, 0.25) is 0 Å². The Morgan fingerprint density at radius 2 is 1.90 bits per heavy atom. The molecule has 0 spiro atoms. The van der Waals surface area contributed by atoms with Gasteiger partial charge in [-0.2, -0.15) is 0 Å². The van der Waals surface area contributed by atoms with E-state index in [9.17, 15) is 0 Å². The third-order valence-electron chi connectivity index (χ3n) is 4.13. The zero-order valence-electron chi connectivity index (χ0n) is 12.8. The van der Waals surface area contributed by atoms with Crippen LogP contribution in [0.3, 0.4) is 0 Å². The smallest absolute Gasteiger partial charge is 0.0399 e. The average molecular weight is 281 g/mol. The first-order chi connectivity index (χ1) is 10.2. The van der Waals surface area contributed by atoms with Crippen LogP contribution in [0.15, 0.2) is 42.6 Å². The number of piperidine rings is 1. The van der Waals surface area contributed by atoms with Gasteiger partial charge in [-0.1, -0.05) is 12.1 Å². The number of nitrogens with one attached hydrogen (secondary N) is 1. The van der Waals surface area contributed by atoms with Gasteiger partial charge >= 0.3 is 0 Å². The third-order valence-corrected chi connectivity index (χ3v) is 4.13. The van der Waals surface area contributed by atoms with E-state index in [1.165, 1.54) is 29.8 Å². The molecule has 1 aliphatic rings. The second-order valence-corrected chi connectivity index (χ2v) is 5.93. The maximum absolute atomic E-state index is 4.27. The van der Waals surface area contributed by atoms with Crippen molar-refractivity contribution in [3.8, 4) is 0 Å². The maximum atomic E-state index is 4.27. The number of pyridine rings is 1. The molecule has 0 aliphatic carbocycles. The fourth-order valence-electron chi connectivity index (χ4n) is 2.98. The second-order valence-electron chi connectivity index (χ2n) is 5.93. The number of anilines is 2. The molecule has 3 heteroatoms. The van der Waals surface area contributed by atoms with Crippen LogP contribution in [0.1, 0.15) is 24.1 Å². The van der Waals surface area contributed by atoms with E-state index in [0.717, 1.165) is 18.8 Å². The predicted molar refractivity (Wildman–Crippen MR) is 89.0 cm³/mol. The van der Waals surface area contributed by atoms with E-state index in [4.69, 9.17) is 0 Å². The number of benzene rings is 1. The van der Waals surface area contributed by atoms with Gasteiger partial charge in [0, 0.05) is 42.4 Å². The maximum Gasteiger partial charge on any atom is 0.0399 e. The van der Waals surface area contributed by atoms with Crippen molar-refractivity contribution in [1.82, 2.24) is 4.98 Å². The fraction of sp³-hybridized carbons (Fsp3) is 0.389. The molecule has 0 unspecified atom stereocenters. The Morgan fingerprint density at radius 3 is 2.62 bits per heavy atom. The highest BCUT2D eigenvalue weighted by molar-refractivity contribution is 5.49. The van der Waals surface area contributed by atoms with Crippen LogP contribution in [0, 0.1) is 13.8 Å². The van der Waals surface area contributed by atoms with Crippen molar-refractivity contribution < 1.29 is 0 Å². The molecule has 1 aliphatic heterocycles. The van der Waals surface area contributed by atoms with Crippen LogP contribution in [0.5, 0.6) is 0 Å². The normalized spacial score (nSPS) is 16.0. The van der Waals surface area contributed by atoms with E-state index >= 15 is 0 Å². The largest absolute Gasteiger partial charge is 0.382 e. The van der Waals surface area contributed by atoms with E-state index < -0.39 is 0 Å². The van der Waals surface area contributed by atoms with Crippen LogP contribution in [0.4, 0.5) is 11.4 Å². The van der Waals surface area contributed by atoms with E-state index in [0.29, 0.717) is 6.04 Å². The number of hydrogen-bond acceptors (Lipinski definition) is 3. The van der Waals surface area contributed by atoms with Crippen LogP contribution in [0.25, 0.3) is 0 Å². The summed E-state index contributed by atoms with van der Waals surface area (Å²) in [6.07, 6.45) is 4.26. The lowest BCUT2D eigenvalue weighted by molar-refractivity contribution is 0.526. The van der Waals surface area contributed by atoms with Crippen LogP contribution < -0.4 is 10.2 Å². The molecule has 0 saturated carbocycles. The fourth-order valence-corrected chi connectivity index (χ4v) is 2.98. The molecule has 3 nitrogen and oxygen atoms in total. The van der Waals surface area contributed by atoms with Crippen molar-refractivity contribution in [2.75, 3.05) is 23.3 Å². The number of aromatic nitrogens is 1. The number of aryl methyl sites for hydroxylation is 2. The zero-order valence-corrected chi connectivity index (χ0v) is 12.8. The first-order valence-corrected chi connectivity index (χ1v) is 7.71. The number of nitrogens with zero attached hydrogens (tertiary/aromatic N) is 2. The minimum absolute atomic E-state index is 0.575.